The van der Waals surface area contributed by atoms with E-state index in [9.17, 15) is 10.1 Å². The number of halogens is 1. The van der Waals surface area contributed by atoms with Crippen molar-refractivity contribution in [3.8, 4) is 22.6 Å². The molecule has 2 aliphatic heterocycles. The fourth-order valence-corrected chi connectivity index (χ4v) is 5.67. The molecule has 6 nitrogen and oxygen atoms in total. The van der Waals surface area contributed by atoms with Gasteiger partial charge in [0.15, 0.2) is 11.5 Å². The lowest BCUT2D eigenvalue weighted by Gasteiger charge is -2.46. The lowest BCUT2D eigenvalue weighted by molar-refractivity contribution is -0.385. The smallest absolute Gasteiger partial charge is 0.288 e. The molecular weight excluding hydrogens is 484 g/mol. The minimum absolute atomic E-state index is 0.0662. The molecule has 0 saturated carbocycles. The van der Waals surface area contributed by atoms with E-state index in [2.05, 4.69) is 65.0 Å². The minimum Gasteiger partial charge on any atom is -0.493 e. The Morgan fingerprint density at radius 3 is 2.52 bits per heavy atom. The van der Waals surface area contributed by atoms with Crippen LogP contribution in [0.3, 0.4) is 0 Å². The maximum absolute atomic E-state index is 11.5. The molecule has 168 valence electrons. The van der Waals surface area contributed by atoms with Crippen molar-refractivity contribution in [2.75, 3.05) is 19.1 Å². The van der Waals surface area contributed by atoms with E-state index < -0.39 is 16.1 Å². The summed E-state index contributed by atoms with van der Waals surface area (Å²) >= 11 is 3.40. The molecule has 0 N–H and O–H groups in total. The van der Waals surface area contributed by atoms with Crippen molar-refractivity contribution in [2.24, 2.45) is 0 Å². The zero-order valence-corrected chi connectivity index (χ0v) is 20.3. The number of nitrogens with zero attached hydrogens (tertiary/aromatic N) is 2. The maximum Gasteiger partial charge on any atom is 0.288 e. The van der Waals surface area contributed by atoms with E-state index in [1.807, 2.05) is 37.4 Å². The van der Waals surface area contributed by atoms with Crippen molar-refractivity contribution in [1.82, 2.24) is 0 Å². The summed E-state index contributed by atoms with van der Waals surface area (Å²) in [7, 11) is 3.52. The van der Waals surface area contributed by atoms with Crippen LogP contribution >= 0.6 is 15.9 Å². The van der Waals surface area contributed by atoms with E-state index in [0.717, 1.165) is 16.8 Å². The van der Waals surface area contributed by atoms with Crippen LogP contribution in [0.5, 0.6) is 11.5 Å². The van der Waals surface area contributed by atoms with Crippen LogP contribution in [0.15, 0.2) is 65.1 Å². The fraction of sp³-hybridized carbons (Fsp3) is 0.231. The molecule has 7 heteroatoms. The van der Waals surface area contributed by atoms with Crippen LogP contribution in [0.25, 0.3) is 17.2 Å². The number of nitro groups is 1. The van der Waals surface area contributed by atoms with Gasteiger partial charge < -0.3 is 14.4 Å². The molecule has 0 aliphatic carbocycles. The van der Waals surface area contributed by atoms with Crippen LogP contribution in [0.1, 0.15) is 25.0 Å². The predicted octanol–water partition coefficient (Wildman–Crippen LogP) is 6.56. The quantitative estimate of drug-likeness (QED) is 0.297. The standard InChI is InChI=1S/C26H23BrN2O4/c1-25(2)19-12-8-11-17(16-9-6-5-7-10-16)23(19)28(3)26(25)14-13-18-22(27)20(29(30)31)15-21(32-4)24(18)33-26/h5-15H,1-4H3. The van der Waals surface area contributed by atoms with Gasteiger partial charge in [-0.25, -0.2) is 0 Å². The van der Waals surface area contributed by atoms with Crippen molar-refractivity contribution in [3.63, 3.8) is 0 Å². The molecule has 3 aromatic carbocycles. The number of hydrogen-bond acceptors (Lipinski definition) is 5. The summed E-state index contributed by atoms with van der Waals surface area (Å²) in [5, 5.41) is 11.5. The summed E-state index contributed by atoms with van der Waals surface area (Å²) in [4.78, 5) is 13.3. The van der Waals surface area contributed by atoms with Gasteiger partial charge in [-0.15, -0.1) is 0 Å². The topological polar surface area (TPSA) is 64.8 Å². The van der Waals surface area contributed by atoms with Crippen LogP contribution in [-0.2, 0) is 5.41 Å². The molecule has 1 unspecified atom stereocenters. The highest BCUT2D eigenvalue weighted by Gasteiger charge is 2.58. The summed E-state index contributed by atoms with van der Waals surface area (Å²) < 4.78 is 12.7. The summed E-state index contributed by atoms with van der Waals surface area (Å²) in [6, 6.07) is 18.0. The molecule has 3 aromatic rings. The van der Waals surface area contributed by atoms with Crippen molar-refractivity contribution in [3.05, 3.63) is 86.4 Å². The SMILES string of the molecule is COc1cc([N+](=O)[O-])c(Br)c2c1OC1(C=C2)N(C)c2c(-c3ccccc3)cccc2C1(C)C. The van der Waals surface area contributed by atoms with Gasteiger partial charge in [-0.2, -0.15) is 0 Å². The van der Waals surface area contributed by atoms with Crippen LogP contribution in [0.2, 0.25) is 0 Å². The molecule has 2 aliphatic rings. The second-order valence-electron chi connectivity index (χ2n) is 8.80. The van der Waals surface area contributed by atoms with Crippen LogP contribution < -0.4 is 14.4 Å². The molecule has 0 aromatic heterocycles. The Labute approximate surface area is 200 Å². The Hall–Kier alpha value is -3.32. The van der Waals surface area contributed by atoms with E-state index in [0.29, 0.717) is 21.5 Å². The van der Waals surface area contributed by atoms with Gasteiger partial charge in [0.1, 0.15) is 4.47 Å². The van der Waals surface area contributed by atoms with Crippen LogP contribution in [0, 0.1) is 10.1 Å². The number of nitro benzene ring substituents is 1. The number of fused-ring (bicyclic) bond motifs is 2. The Morgan fingerprint density at radius 2 is 1.85 bits per heavy atom. The number of likely N-dealkylation sites (N-methyl/N-ethyl adjacent to an activating group) is 1. The third kappa shape index (κ3) is 2.85. The number of para-hydroxylation sites is 1. The van der Waals surface area contributed by atoms with Gasteiger partial charge in [-0.3, -0.25) is 10.1 Å². The molecule has 5 rings (SSSR count). The van der Waals surface area contributed by atoms with Crippen LogP contribution in [0.4, 0.5) is 11.4 Å². The second kappa shape index (κ2) is 7.35. The van der Waals surface area contributed by atoms with Gasteiger partial charge >= 0.3 is 0 Å². The van der Waals surface area contributed by atoms with E-state index in [1.54, 1.807) is 0 Å². The molecule has 0 amide bonds. The first kappa shape index (κ1) is 21.5. The predicted molar refractivity (Wildman–Crippen MR) is 133 cm³/mol. The zero-order chi connectivity index (χ0) is 23.5. The summed E-state index contributed by atoms with van der Waals surface area (Å²) in [5.41, 5.74) is 3.76. The van der Waals surface area contributed by atoms with Crippen molar-refractivity contribution >= 4 is 33.4 Å². The molecule has 0 fully saturated rings. The Balaban J connectivity index is 1.71. The average Bonchev–Trinajstić information content (AvgIpc) is 2.98. The summed E-state index contributed by atoms with van der Waals surface area (Å²) in [5.74, 6) is 0.804. The van der Waals surface area contributed by atoms with Crippen molar-refractivity contribution in [1.29, 1.82) is 0 Å². The number of methoxy groups -OCH3 is 1. The lowest BCUT2D eigenvalue weighted by atomic mass is 9.76. The monoisotopic (exact) mass is 506 g/mol. The van der Waals surface area contributed by atoms with Gasteiger partial charge in [0.05, 0.1) is 29.2 Å². The summed E-state index contributed by atoms with van der Waals surface area (Å²) in [6.07, 6.45) is 3.89. The van der Waals surface area contributed by atoms with Gasteiger partial charge in [-0.1, -0.05) is 48.5 Å². The van der Waals surface area contributed by atoms with E-state index in [4.69, 9.17) is 9.47 Å². The Kier molecular flexibility index (Phi) is 4.79. The second-order valence-corrected chi connectivity index (χ2v) is 9.59. The highest BCUT2D eigenvalue weighted by Crippen LogP contribution is 2.58. The third-order valence-electron chi connectivity index (χ3n) is 6.87. The first-order valence-corrected chi connectivity index (χ1v) is 11.4. The minimum atomic E-state index is -0.851. The number of ether oxygens (including phenoxy) is 2. The van der Waals surface area contributed by atoms with Gasteiger partial charge in [0.2, 0.25) is 5.72 Å². The number of benzene rings is 3. The molecule has 33 heavy (non-hydrogen) atoms. The number of anilines is 1. The number of rotatable bonds is 3. The summed E-state index contributed by atoms with van der Waals surface area (Å²) in [6.45, 7) is 4.32. The molecule has 1 atom stereocenters. The lowest BCUT2D eigenvalue weighted by Crippen LogP contribution is -2.58. The zero-order valence-electron chi connectivity index (χ0n) is 18.8. The Bertz CT molecular complexity index is 1320. The van der Waals surface area contributed by atoms with Crippen molar-refractivity contribution in [2.45, 2.75) is 25.0 Å². The molecule has 0 saturated heterocycles. The maximum atomic E-state index is 11.5. The van der Waals surface area contributed by atoms with Gasteiger partial charge in [-0.05, 0) is 53.1 Å². The molecule has 1 spiro atoms. The Morgan fingerprint density at radius 1 is 1.12 bits per heavy atom. The molecule has 2 heterocycles. The first-order valence-electron chi connectivity index (χ1n) is 10.6. The molecule has 0 radical (unpaired) electrons. The van der Waals surface area contributed by atoms with Crippen molar-refractivity contribution < 1.29 is 14.4 Å². The normalized spacial score (nSPS) is 19.7. The van der Waals surface area contributed by atoms with E-state index >= 15 is 0 Å². The first-order chi connectivity index (χ1) is 15.7. The molecular formula is C26H23BrN2O4. The van der Waals surface area contributed by atoms with E-state index in [1.165, 1.54) is 18.7 Å². The van der Waals surface area contributed by atoms with Gasteiger partial charge in [0.25, 0.3) is 5.69 Å². The average molecular weight is 507 g/mol. The highest BCUT2D eigenvalue weighted by molar-refractivity contribution is 9.10. The van der Waals surface area contributed by atoms with E-state index in [-0.39, 0.29) is 5.69 Å². The number of hydrogen-bond donors (Lipinski definition) is 0. The molecule has 0 bridgehead atoms. The van der Waals surface area contributed by atoms with Gasteiger partial charge in [0, 0.05) is 18.2 Å². The largest absolute Gasteiger partial charge is 0.493 e. The fourth-order valence-electron chi connectivity index (χ4n) is 5.10. The third-order valence-corrected chi connectivity index (χ3v) is 7.70. The highest BCUT2D eigenvalue weighted by atomic mass is 79.9. The van der Waals surface area contributed by atoms with Crippen LogP contribution in [-0.4, -0.2) is 24.8 Å².